The molecule has 0 saturated carbocycles. The lowest BCUT2D eigenvalue weighted by Gasteiger charge is -2.29. The molecule has 0 amide bonds. The maximum atomic E-state index is 14.0. The van der Waals surface area contributed by atoms with Crippen LogP contribution in [0.25, 0.3) is 32.8 Å². The van der Waals surface area contributed by atoms with Crippen LogP contribution < -0.4 is 83.0 Å². The van der Waals surface area contributed by atoms with E-state index in [1.54, 1.807) is 75.6 Å². The first-order chi connectivity index (χ1) is 58.2. The van der Waals surface area contributed by atoms with Crippen LogP contribution in [-0.2, 0) is 14.2 Å². The van der Waals surface area contributed by atoms with E-state index >= 15 is 0 Å². The lowest BCUT2D eigenvalue weighted by Crippen LogP contribution is -2.37. The number of hydrogen-bond acceptors (Lipinski definition) is 36. The Morgan fingerprint density at radius 3 is 1.57 bits per heavy atom. The first-order valence-corrected chi connectivity index (χ1v) is 38.1. The van der Waals surface area contributed by atoms with Crippen molar-refractivity contribution < 1.29 is 42.3 Å². The van der Waals surface area contributed by atoms with Gasteiger partial charge in [0, 0.05) is 87.7 Å². The summed E-state index contributed by atoms with van der Waals surface area (Å²) < 4.78 is 64.7. The van der Waals surface area contributed by atoms with Crippen molar-refractivity contribution in [3.05, 3.63) is 188 Å². The number of fused-ring (bicyclic) bond motifs is 1. The molecule has 6 aromatic carbocycles. The van der Waals surface area contributed by atoms with Crippen molar-refractivity contribution in [2.75, 3.05) is 180 Å². The van der Waals surface area contributed by atoms with Crippen LogP contribution in [0.1, 0.15) is 12.0 Å². The molecule has 11 heterocycles. The molecular weight excluding hydrogens is 1550 g/mol. The number of aromatic nitrogens is 18. The molecule has 0 atom stereocenters. The van der Waals surface area contributed by atoms with Gasteiger partial charge in [-0.15, -0.1) is 20.4 Å². The number of anilines is 16. The Bertz CT molecular complexity index is 5720. The summed E-state index contributed by atoms with van der Waals surface area (Å²) in [7, 11) is 6.42. The number of nitriles is 1. The summed E-state index contributed by atoms with van der Waals surface area (Å²) in [4.78, 5) is 49.5. The molecule has 41 heteroatoms. The highest BCUT2D eigenvalue weighted by atomic mass is 32.1. The number of ether oxygens (including phenoxy) is 8. The molecule has 0 spiro atoms. The molecule has 0 aliphatic carbocycles. The van der Waals surface area contributed by atoms with Crippen molar-refractivity contribution in [3.8, 4) is 57.4 Å². The van der Waals surface area contributed by atoms with Gasteiger partial charge < -0.3 is 97.2 Å². The summed E-state index contributed by atoms with van der Waals surface area (Å²) in [5, 5.41) is 42.5. The Labute approximate surface area is 684 Å². The predicted molar refractivity (Wildman–Crippen MR) is 448 cm³/mol. The van der Waals surface area contributed by atoms with Gasteiger partial charge in [0.05, 0.1) is 113 Å². The predicted octanol–water partition coefficient (Wildman–Crippen LogP) is 9.52. The Kier molecular flexibility index (Phi) is 26.4. The second kappa shape index (κ2) is 39.0. The Morgan fingerprint density at radius 1 is 0.454 bits per heavy atom. The summed E-state index contributed by atoms with van der Waals surface area (Å²) in [6.45, 7) is 11.1. The van der Waals surface area contributed by atoms with Gasteiger partial charge >= 0.3 is 0 Å². The summed E-state index contributed by atoms with van der Waals surface area (Å²) >= 11 is 1.51. The third-order valence-corrected chi connectivity index (χ3v) is 19.2. The molecule has 39 nitrogen and oxygen atoms in total. The van der Waals surface area contributed by atoms with Gasteiger partial charge in [0.2, 0.25) is 52.7 Å². The molecule has 3 fully saturated rings. The molecule has 612 valence electrons. The van der Waals surface area contributed by atoms with Gasteiger partial charge in [0.25, 0.3) is 0 Å². The number of pyridine rings is 1. The molecule has 119 heavy (non-hydrogen) atoms. The maximum absolute atomic E-state index is 14.0. The molecule has 3 aliphatic heterocycles. The number of nitrogen functional groups attached to an aromatic ring is 4. The van der Waals surface area contributed by atoms with Crippen LogP contribution in [0.2, 0.25) is 0 Å². The monoisotopic (exact) mass is 1630 g/mol. The smallest absolute Gasteiger partial charge is 0.249 e. The van der Waals surface area contributed by atoms with Crippen molar-refractivity contribution in [1.29, 1.82) is 5.26 Å². The zero-order chi connectivity index (χ0) is 82.4. The van der Waals surface area contributed by atoms with Gasteiger partial charge in [-0.25, -0.2) is 34.3 Å². The van der Waals surface area contributed by atoms with Crippen molar-refractivity contribution in [1.82, 2.24) is 93.9 Å². The van der Waals surface area contributed by atoms with Gasteiger partial charge in [0.15, 0.2) is 29.0 Å². The van der Waals surface area contributed by atoms with Gasteiger partial charge in [0.1, 0.15) is 53.4 Å². The van der Waals surface area contributed by atoms with Crippen molar-refractivity contribution >= 4 is 115 Å². The number of methoxy groups -OCH3 is 4. The molecule has 17 rings (SSSR count). The third kappa shape index (κ3) is 20.6. The number of halogens is 1. The highest BCUT2D eigenvalue weighted by Gasteiger charge is 2.22. The quantitative estimate of drug-likeness (QED) is 0.0240. The number of para-hydroxylation sites is 6. The molecule has 3 aliphatic rings. The van der Waals surface area contributed by atoms with Crippen molar-refractivity contribution in [2.45, 2.75) is 6.42 Å². The van der Waals surface area contributed by atoms with Crippen LogP contribution in [0.4, 0.5) is 97.7 Å². The molecule has 8 aromatic heterocycles. The molecule has 0 radical (unpaired) electrons. The van der Waals surface area contributed by atoms with Crippen LogP contribution in [0.15, 0.2) is 177 Å². The van der Waals surface area contributed by atoms with E-state index in [1.165, 1.54) is 50.3 Å². The van der Waals surface area contributed by atoms with E-state index in [2.05, 4.69) is 112 Å². The number of benzene rings is 6. The minimum atomic E-state index is -0.399. The maximum Gasteiger partial charge on any atom is 0.249 e. The zero-order valence-electron chi connectivity index (χ0n) is 65.1. The topological polar surface area (TPSA) is 472 Å². The van der Waals surface area contributed by atoms with E-state index in [0.29, 0.717) is 106 Å². The van der Waals surface area contributed by atoms with Gasteiger partial charge in [-0.3, -0.25) is 4.90 Å². The van der Waals surface area contributed by atoms with Crippen LogP contribution in [0, 0.1) is 17.1 Å². The number of thiazole rings is 1. The lowest BCUT2D eigenvalue weighted by atomic mass is 10.2. The van der Waals surface area contributed by atoms with E-state index in [0.717, 1.165) is 117 Å². The molecule has 14 aromatic rings. The fourth-order valence-electron chi connectivity index (χ4n) is 12.3. The summed E-state index contributed by atoms with van der Waals surface area (Å²) in [5.41, 5.74) is 29.8. The van der Waals surface area contributed by atoms with Crippen LogP contribution in [0.3, 0.4) is 0 Å². The molecule has 0 unspecified atom stereocenters. The highest BCUT2D eigenvalue weighted by molar-refractivity contribution is 7.20. The minimum Gasteiger partial charge on any atom is -0.495 e. The second-order valence-corrected chi connectivity index (χ2v) is 26.9. The van der Waals surface area contributed by atoms with Crippen molar-refractivity contribution in [3.63, 3.8) is 0 Å². The van der Waals surface area contributed by atoms with Gasteiger partial charge in [-0.2, -0.15) is 43.9 Å². The highest BCUT2D eigenvalue weighted by Crippen LogP contribution is 2.36. The second-order valence-electron chi connectivity index (χ2n) is 25.9. The standard InChI is InChI=1S/C26H30FN9O3.C20H21N7O2S.C17H20N8O2.C15H13N7O/c1-37-22-15-18(7-8-21(22)39-12-4-9-35-10-13-38-14-11-35)31-26-33-25(28)36(34-26)24-16-23(29-17-30-24)32-20-6-3-2-5-19(20)27;1-28-16-12-13(26-8-10-29-11-9-26)6-7-14(16)22-19-24-18(21)27(25-19)20-23-15-4-2-3-5-17(15)30-20;1-26-13-5-3-2-4-12(13)21-17-22-16(18)25(23-17)15-10-14(19-11-20-15)24-6-8-27-9-7-24;1-23-12-5-3-2-4-11(12)19-15-20-14(17)22(21-15)13-7-6-10(8-16)9-18-13/h2-3,5-8,15-17H,4,9-14H2,1H3,(H,29,30,32)(H3,28,31,33,34);2-7,12H,8-11H2,1H3,(H3,21,22,24,25);2-5,10-11H,6-9H2,1H3,(H3,18,21,22,23);2-7,9H,1H3,(H3,17,19,20,21). The molecule has 13 N–H and O–H groups in total. The van der Waals surface area contributed by atoms with E-state index in [-0.39, 0.29) is 35.4 Å². The van der Waals surface area contributed by atoms with Gasteiger partial charge in [-0.1, -0.05) is 59.9 Å². The van der Waals surface area contributed by atoms with E-state index in [1.807, 2.05) is 115 Å². The van der Waals surface area contributed by atoms with E-state index in [9.17, 15) is 4.39 Å². The molecule has 3 saturated heterocycles. The van der Waals surface area contributed by atoms with Crippen LogP contribution in [-0.4, -0.2) is 214 Å². The fraction of sp³-hybridized carbons (Fsp3) is 0.244. The largest absolute Gasteiger partial charge is 0.495 e. The van der Waals surface area contributed by atoms with E-state index < -0.39 is 5.82 Å². The molecule has 0 bridgehead atoms. The van der Waals surface area contributed by atoms with Gasteiger partial charge in [-0.05, 0) is 91.3 Å². The van der Waals surface area contributed by atoms with E-state index in [4.69, 9.17) is 66.1 Å². The van der Waals surface area contributed by atoms with Crippen molar-refractivity contribution in [2.24, 2.45) is 0 Å². The average Bonchev–Trinajstić information content (AvgIpc) is 1.68. The normalized spacial score (nSPS) is 13.2. The molecular formula is C78H84FN31O8S. The fourth-order valence-corrected chi connectivity index (χ4v) is 13.2. The number of morpholine rings is 3. The number of rotatable bonds is 25. The number of nitrogens with two attached hydrogens (primary N) is 4. The number of nitrogens with zero attached hydrogens (tertiary/aromatic N) is 22. The average molecular weight is 1630 g/mol. The third-order valence-electron chi connectivity index (χ3n) is 18.2. The summed E-state index contributed by atoms with van der Waals surface area (Å²) in [6.07, 6.45) is 5.18. The van der Waals surface area contributed by atoms with Crippen LogP contribution in [0.5, 0.6) is 28.7 Å². The Balaban J connectivity index is 0.000000133. The summed E-state index contributed by atoms with van der Waals surface area (Å²) in [5.74, 6) is 7.53. The minimum absolute atomic E-state index is 0.111. The van der Waals surface area contributed by atoms with Crippen LogP contribution >= 0.6 is 11.3 Å². The Hall–Kier alpha value is -14.9. The summed E-state index contributed by atoms with van der Waals surface area (Å²) in [6, 6.07) is 49.3. The first-order valence-electron chi connectivity index (χ1n) is 37.3. The lowest BCUT2D eigenvalue weighted by molar-refractivity contribution is 0.0357. The SMILES string of the molecule is COc1cc(N2CCOCC2)ccc1Nc1nc(N)n(-c2nc3ccccc3s2)n1.COc1cc(Nc2nc(N)n(-c3cc(Nc4ccccc4F)ncn3)n2)ccc1OCCCN1CCOCC1.COc1ccccc1Nc1nc(N)n(-c2cc(N3CCOCC3)ncn2)n1.COc1ccccc1Nc1nc(N)n(-c2ccc(C#N)cn2)n1. The first kappa shape index (κ1) is 80.7. The Morgan fingerprint density at radius 2 is 0.975 bits per heavy atom. The number of hydrogen-bond donors (Lipinski definition) is 9. The zero-order valence-corrected chi connectivity index (χ0v) is 65.9. The number of nitrogens with one attached hydrogen (secondary N) is 5.